The highest BCUT2D eigenvalue weighted by Crippen LogP contribution is 2.25. The number of nitrogens with zero attached hydrogens (tertiary/aromatic N) is 3. The molecule has 2 aromatic rings. The number of hydrogen-bond acceptors (Lipinski definition) is 6. The standard InChI is InChI=1S/C13H12N4O4/c1-8-2-7-11(12(14)16-18)13(15-8)21-10-5-3-9(4-6-10)17(19)20/h2-7,18H,1H3,(H2,14,16). The number of benzene rings is 1. The molecule has 1 aromatic heterocycles. The number of non-ortho nitro benzene ring substituents is 1. The Kier molecular flexibility index (Phi) is 3.98. The molecule has 2 rings (SSSR count). The van der Waals surface area contributed by atoms with Gasteiger partial charge in [-0.2, -0.15) is 0 Å². The summed E-state index contributed by atoms with van der Waals surface area (Å²) in [5.41, 5.74) is 6.51. The quantitative estimate of drug-likeness (QED) is 0.292. The number of hydrogen-bond donors (Lipinski definition) is 2. The molecule has 0 radical (unpaired) electrons. The lowest BCUT2D eigenvalue weighted by atomic mass is 10.2. The number of amidine groups is 1. The molecular formula is C13H12N4O4. The normalized spacial score (nSPS) is 11.2. The lowest BCUT2D eigenvalue weighted by Crippen LogP contribution is -2.15. The molecule has 8 heteroatoms. The van der Waals surface area contributed by atoms with Gasteiger partial charge in [0.15, 0.2) is 5.84 Å². The maximum absolute atomic E-state index is 10.6. The molecule has 21 heavy (non-hydrogen) atoms. The molecule has 0 amide bonds. The van der Waals surface area contributed by atoms with E-state index in [1.165, 1.54) is 24.3 Å². The van der Waals surface area contributed by atoms with E-state index in [0.717, 1.165) is 0 Å². The van der Waals surface area contributed by atoms with Gasteiger partial charge in [-0.25, -0.2) is 4.98 Å². The van der Waals surface area contributed by atoms with Gasteiger partial charge < -0.3 is 15.7 Å². The second kappa shape index (κ2) is 5.87. The van der Waals surface area contributed by atoms with E-state index in [-0.39, 0.29) is 17.4 Å². The Morgan fingerprint density at radius 3 is 2.57 bits per heavy atom. The fourth-order valence-electron chi connectivity index (χ4n) is 1.61. The van der Waals surface area contributed by atoms with E-state index in [1.54, 1.807) is 19.1 Å². The zero-order valence-corrected chi connectivity index (χ0v) is 11.1. The lowest BCUT2D eigenvalue weighted by molar-refractivity contribution is -0.384. The number of aromatic nitrogens is 1. The monoisotopic (exact) mass is 288 g/mol. The van der Waals surface area contributed by atoms with Crippen LogP contribution in [-0.2, 0) is 0 Å². The molecule has 1 aromatic carbocycles. The first-order valence-electron chi connectivity index (χ1n) is 5.89. The number of oxime groups is 1. The first kappa shape index (κ1) is 14.3. The van der Waals surface area contributed by atoms with Crippen molar-refractivity contribution in [2.75, 3.05) is 0 Å². The summed E-state index contributed by atoms with van der Waals surface area (Å²) in [6, 6.07) is 8.81. The molecule has 0 aliphatic heterocycles. The minimum atomic E-state index is -0.503. The van der Waals surface area contributed by atoms with Crippen LogP contribution in [0.3, 0.4) is 0 Å². The van der Waals surface area contributed by atoms with Gasteiger partial charge in [-0.15, -0.1) is 0 Å². The second-order valence-electron chi connectivity index (χ2n) is 4.14. The number of ether oxygens (including phenoxy) is 1. The minimum Gasteiger partial charge on any atom is -0.438 e. The molecule has 3 N–H and O–H groups in total. The zero-order chi connectivity index (χ0) is 15.4. The van der Waals surface area contributed by atoms with Gasteiger partial charge in [0.1, 0.15) is 5.75 Å². The van der Waals surface area contributed by atoms with Crippen molar-refractivity contribution in [2.24, 2.45) is 10.9 Å². The van der Waals surface area contributed by atoms with E-state index in [0.29, 0.717) is 17.0 Å². The van der Waals surface area contributed by atoms with E-state index in [2.05, 4.69) is 10.1 Å². The van der Waals surface area contributed by atoms with Crippen molar-refractivity contribution in [1.82, 2.24) is 4.98 Å². The number of rotatable bonds is 4. The van der Waals surface area contributed by atoms with Crippen LogP contribution in [0.2, 0.25) is 0 Å². The van der Waals surface area contributed by atoms with Crippen LogP contribution in [0.1, 0.15) is 11.3 Å². The highest BCUT2D eigenvalue weighted by Gasteiger charge is 2.12. The summed E-state index contributed by atoms with van der Waals surface area (Å²) in [5.74, 6) is 0.365. The van der Waals surface area contributed by atoms with E-state index in [9.17, 15) is 10.1 Å². The number of nitro benzene ring substituents is 1. The fourth-order valence-corrected chi connectivity index (χ4v) is 1.61. The third kappa shape index (κ3) is 3.24. The van der Waals surface area contributed by atoms with Gasteiger partial charge in [-0.3, -0.25) is 10.1 Å². The molecule has 0 saturated carbocycles. The molecule has 8 nitrogen and oxygen atoms in total. The highest BCUT2D eigenvalue weighted by molar-refractivity contribution is 5.99. The Morgan fingerprint density at radius 2 is 2.00 bits per heavy atom. The SMILES string of the molecule is Cc1ccc(C(N)=NO)c(Oc2ccc([N+](=O)[O-])cc2)n1. The lowest BCUT2D eigenvalue weighted by Gasteiger charge is -2.09. The van der Waals surface area contributed by atoms with Crippen LogP contribution in [0, 0.1) is 17.0 Å². The van der Waals surface area contributed by atoms with E-state index in [1.807, 2.05) is 0 Å². The van der Waals surface area contributed by atoms with Crippen LogP contribution in [0.25, 0.3) is 0 Å². The topological polar surface area (TPSA) is 124 Å². The van der Waals surface area contributed by atoms with Crippen molar-refractivity contribution in [3.8, 4) is 11.6 Å². The van der Waals surface area contributed by atoms with Crippen molar-refractivity contribution >= 4 is 11.5 Å². The molecule has 0 fully saturated rings. The minimum absolute atomic E-state index is 0.0452. The van der Waals surface area contributed by atoms with Crippen LogP contribution >= 0.6 is 0 Å². The Labute approximate surface area is 119 Å². The van der Waals surface area contributed by atoms with Gasteiger partial charge in [-0.1, -0.05) is 5.16 Å². The molecule has 0 saturated heterocycles. The van der Waals surface area contributed by atoms with Crippen LogP contribution in [0.15, 0.2) is 41.6 Å². The van der Waals surface area contributed by atoms with Gasteiger partial charge in [0.25, 0.3) is 5.69 Å². The summed E-state index contributed by atoms with van der Waals surface area (Å²) in [7, 11) is 0. The highest BCUT2D eigenvalue weighted by atomic mass is 16.6. The van der Waals surface area contributed by atoms with Gasteiger partial charge in [0.05, 0.1) is 10.5 Å². The van der Waals surface area contributed by atoms with Crippen molar-refractivity contribution in [1.29, 1.82) is 0 Å². The van der Waals surface area contributed by atoms with Crippen molar-refractivity contribution in [2.45, 2.75) is 6.92 Å². The summed E-state index contributed by atoms with van der Waals surface area (Å²) in [6.45, 7) is 1.76. The first-order chi connectivity index (χ1) is 10.0. The molecule has 108 valence electrons. The van der Waals surface area contributed by atoms with E-state index < -0.39 is 4.92 Å². The Balaban J connectivity index is 2.34. The van der Waals surface area contributed by atoms with Crippen molar-refractivity contribution in [3.05, 3.63) is 57.8 Å². The molecule has 0 bridgehead atoms. The molecule has 0 aliphatic carbocycles. The van der Waals surface area contributed by atoms with Crippen LogP contribution in [0.4, 0.5) is 5.69 Å². The Bertz CT molecular complexity index is 698. The smallest absolute Gasteiger partial charge is 0.269 e. The van der Waals surface area contributed by atoms with Gasteiger partial charge in [0.2, 0.25) is 5.88 Å². The maximum atomic E-state index is 10.6. The largest absolute Gasteiger partial charge is 0.438 e. The molecule has 0 unspecified atom stereocenters. The number of nitro groups is 1. The summed E-state index contributed by atoms with van der Waals surface area (Å²) in [6.07, 6.45) is 0. The third-order valence-corrected chi connectivity index (χ3v) is 2.65. The average molecular weight is 288 g/mol. The van der Waals surface area contributed by atoms with E-state index >= 15 is 0 Å². The first-order valence-corrected chi connectivity index (χ1v) is 5.89. The average Bonchev–Trinajstić information content (AvgIpc) is 2.47. The van der Waals surface area contributed by atoms with Crippen molar-refractivity contribution in [3.63, 3.8) is 0 Å². The Hall–Kier alpha value is -3.16. The summed E-state index contributed by atoms with van der Waals surface area (Å²) < 4.78 is 5.54. The zero-order valence-electron chi connectivity index (χ0n) is 11.1. The molecule has 0 aliphatic rings. The molecule has 0 spiro atoms. The summed E-state index contributed by atoms with van der Waals surface area (Å²) >= 11 is 0. The number of nitrogens with two attached hydrogens (primary N) is 1. The predicted molar refractivity (Wildman–Crippen MR) is 74.7 cm³/mol. The Morgan fingerprint density at radius 1 is 1.33 bits per heavy atom. The van der Waals surface area contributed by atoms with Crippen LogP contribution < -0.4 is 10.5 Å². The number of aryl methyl sites for hydroxylation is 1. The molecule has 0 atom stereocenters. The van der Waals surface area contributed by atoms with Crippen LogP contribution in [-0.4, -0.2) is 21.0 Å². The van der Waals surface area contributed by atoms with Gasteiger partial charge >= 0.3 is 0 Å². The van der Waals surface area contributed by atoms with Gasteiger partial charge in [0, 0.05) is 17.8 Å². The second-order valence-corrected chi connectivity index (χ2v) is 4.14. The predicted octanol–water partition coefficient (Wildman–Crippen LogP) is 2.19. The van der Waals surface area contributed by atoms with E-state index in [4.69, 9.17) is 15.7 Å². The van der Waals surface area contributed by atoms with Crippen molar-refractivity contribution < 1.29 is 14.9 Å². The fraction of sp³-hybridized carbons (Fsp3) is 0.0769. The maximum Gasteiger partial charge on any atom is 0.269 e. The third-order valence-electron chi connectivity index (χ3n) is 2.65. The van der Waals surface area contributed by atoms with Gasteiger partial charge in [-0.05, 0) is 31.2 Å². The summed E-state index contributed by atoms with van der Waals surface area (Å²) in [4.78, 5) is 14.3. The molecular weight excluding hydrogens is 276 g/mol. The number of pyridine rings is 1. The summed E-state index contributed by atoms with van der Waals surface area (Å²) in [5, 5.41) is 22.3. The molecule has 1 heterocycles. The van der Waals surface area contributed by atoms with Crippen LogP contribution in [0.5, 0.6) is 11.6 Å².